The monoisotopic (exact) mass is 383 g/mol. The van der Waals surface area contributed by atoms with Crippen LogP contribution in [0.2, 0.25) is 0 Å². The zero-order chi connectivity index (χ0) is 19.5. The van der Waals surface area contributed by atoms with Crippen LogP contribution in [-0.4, -0.2) is 48.9 Å². The molecule has 1 aliphatic carbocycles. The van der Waals surface area contributed by atoms with Crippen LogP contribution in [-0.2, 0) is 0 Å². The lowest BCUT2D eigenvalue weighted by Crippen LogP contribution is -2.31. The highest BCUT2D eigenvalue weighted by Gasteiger charge is 2.38. The number of carboxylic acid groups (broad SMARTS) is 1. The third-order valence-corrected chi connectivity index (χ3v) is 6.87. The van der Waals surface area contributed by atoms with Crippen molar-refractivity contribution in [2.75, 3.05) is 32.8 Å². The van der Waals surface area contributed by atoms with Crippen LogP contribution in [0.15, 0.2) is 18.2 Å². The largest absolute Gasteiger partial charge is 0.493 e. The second-order valence-corrected chi connectivity index (χ2v) is 8.66. The minimum absolute atomic E-state index is 0.481. The molecule has 2 atom stereocenters. The number of carbonyl (C=O) groups is 1. The van der Waals surface area contributed by atoms with E-state index in [4.69, 9.17) is 9.84 Å². The van der Waals surface area contributed by atoms with E-state index < -0.39 is 6.09 Å². The molecule has 6 nitrogen and oxygen atoms in total. The van der Waals surface area contributed by atoms with Crippen LogP contribution in [0.4, 0.5) is 4.79 Å². The Labute approximate surface area is 166 Å². The molecule has 0 aromatic heterocycles. The number of nitrogens with one attached hydrogen (secondary N) is 1. The molecule has 6 heteroatoms. The van der Waals surface area contributed by atoms with Gasteiger partial charge in [0.2, 0.25) is 0 Å². The fraction of sp³-hybridized carbons (Fsp3) is 0.636. The van der Waals surface area contributed by atoms with Crippen molar-refractivity contribution >= 4 is 6.09 Å². The number of benzene rings is 1. The quantitative estimate of drug-likeness (QED) is 0.814. The van der Waals surface area contributed by atoms with Gasteiger partial charge in [-0.2, -0.15) is 5.26 Å². The van der Waals surface area contributed by atoms with Crippen LogP contribution in [0, 0.1) is 29.1 Å². The molecular formula is C22H29N3O3. The number of fused-ring (bicyclic) bond motifs is 3. The first-order chi connectivity index (χ1) is 13.6. The van der Waals surface area contributed by atoms with Gasteiger partial charge in [-0.15, -0.1) is 0 Å². The van der Waals surface area contributed by atoms with E-state index in [-0.39, 0.29) is 0 Å². The number of hydrogen-bond donors (Lipinski definition) is 2. The standard InChI is InChI=1S/C22H29N3O3/c23-10-17-5-6-21-19(9-17)20-13-25(12-18(20)14-28-21)8-7-15-1-3-16(4-2-15)11-24-22(26)27/h5-6,9,15-16,18,20,24H,1-4,7-8,11-14H2,(H,26,27)/t15?,16?,18-,20+/m0/s1. The van der Waals surface area contributed by atoms with Gasteiger partial charge in [0.05, 0.1) is 18.2 Å². The fourth-order valence-corrected chi connectivity index (χ4v) is 5.22. The Balaban J connectivity index is 1.26. The van der Waals surface area contributed by atoms with Gasteiger partial charge < -0.3 is 20.1 Å². The van der Waals surface area contributed by atoms with E-state index in [1.165, 1.54) is 24.8 Å². The average Bonchev–Trinajstić information content (AvgIpc) is 3.14. The van der Waals surface area contributed by atoms with E-state index in [0.29, 0.717) is 24.3 Å². The lowest BCUT2D eigenvalue weighted by Gasteiger charge is -2.29. The minimum Gasteiger partial charge on any atom is -0.493 e. The van der Waals surface area contributed by atoms with Crippen LogP contribution in [0.25, 0.3) is 0 Å². The summed E-state index contributed by atoms with van der Waals surface area (Å²) in [7, 11) is 0. The molecule has 2 fully saturated rings. The van der Waals surface area contributed by atoms with E-state index in [1.807, 2.05) is 18.2 Å². The molecule has 3 aliphatic rings. The van der Waals surface area contributed by atoms with Gasteiger partial charge in [-0.1, -0.05) is 12.8 Å². The topological polar surface area (TPSA) is 85.6 Å². The number of amides is 1. The maximum Gasteiger partial charge on any atom is 0.404 e. The van der Waals surface area contributed by atoms with Crippen molar-refractivity contribution in [3.8, 4) is 11.8 Å². The van der Waals surface area contributed by atoms with Gasteiger partial charge >= 0.3 is 6.09 Å². The summed E-state index contributed by atoms with van der Waals surface area (Å²) in [5, 5.41) is 20.5. The molecule has 0 bridgehead atoms. The Hall–Kier alpha value is -2.26. The Bertz CT molecular complexity index is 752. The zero-order valence-electron chi connectivity index (χ0n) is 16.3. The molecule has 1 saturated carbocycles. The number of likely N-dealkylation sites (tertiary alicyclic amines) is 1. The molecule has 1 aromatic rings. The number of ether oxygens (including phenoxy) is 1. The maximum atomic E-state index is 10.6. The summed E-state index contributed by atoms with van der Waals surface area (Å²) in [5.41, 5.74) is 1.93. The summed E-state index contributed by atoms with van der Waals surface area (Å²) in [6.45, 7) is 4.65. The van der Waals surface area contributed by atoms with Crippen LogP contribution >= 0.6 is 0 Å². The van der Waals surface area contributed by atoms with Gasteiger partial charge in [0.25, 0.3) is 0 Å². The highest BCUT2D eigenvalue weighted by Crippen LogP contribution is 2.42. The molecule has 1 amide bonds. The molecule has 2 aliphatic heterocycles. The molecular weight excluding hydrogens is 354 g/mol. The maximum absolute atomic E-state index is 10.6. The van der Waals surface area contributed by atoms with E-state index in [9.17, 15) is 10.1 Å². The van der Waals surface area contributed by atoms with Gasteiger partial charge in [0, 0.05) is 37.0 Å². The summed E-state index contributed by atoms with van der Waals surface area (Å²) >= 11 is 0. The summed E-state index contributed by atoms with van der Waals surface area (Å²) in [5.74, 6) is 3.23. The average molecular weight is 383 g/mol. The van der Waals surface area contributed by atoms with Crippen molar-refractivity contribution in [2.24, 2.45) is 17.8 Å². The van der Waals surface area contributed by atoms with Crippen LogP contribution in [0.5, 0.6) is 5.75 Å². The minimum atomic E-state index is -0.912. The first-order valence-corrected chi connectivity index (χ1v) is 10.5. The number of nitrogens with zero attached hydrogens (tertiary/aromatic N) is 2. The first kappa shape index (κ1) is 19.1. The SMILES string of the molecule is N#Cc1ccc2c(c1)[C@@H]1CN(CCC3CCC(CNC(=O)O)CC3)C[C@H]1CO2. The zero-order valence-corrected chi connectivity index (χ0v) is 16.3. The van der Waals surface area contributed by atoms with Gasteiger partial charge in [0.1, 0.15) is 5.75 Å². The second-order valence-electron chi connectivity index (χ2n) is 8.66. The van der Waals surface area contributed by atoms with E-state index in [0.717, 1.165) is 56.3 Å². The van der Waals surface area contributed by atoms with Crippen molar-refractivity contribution in [2.45, 2.75) is 38.0 Å². The Morgan fingerprint density at radius 1 is 1.25 bits per heavy atom. The van der Waals surface area contributed by atoms with Gasteiger partial charge in [-0.05, 0) is 55.8 Å². The molecule has 0 unspecified atom stereocenters. The van der Waals surface area contributed by atoms with E-state index >= 15 is 0 Å². The smallest absolute Gasteiger partial charge is 0.404 e. The summed E-state index contributed by atoms with van der Waals surface area (Å²) in [6.07, 6.45) is 5.01. The normalized spacial score (nSPS) is 29.2. The molecule has 1 saturated heterocycles. The van der Waals surface area contributed by atoms with Crippen LogP contribution < -0.4 is 10.1 Å². The number of rotatable bonds is 5. The lowest BCUT2D eigenvalue weighted by molar-refractivity contribution is 0.185. The molecule has 0 spiro atoms. The molecule has 1 aromatic carbocycles. The van der Waals surface area contributed by atoms with Crippen molar-refractivity contribution < 1.29 is 14.6 Å². The van der Waals surface area contributed by atoms with Crippen LogP contribution in [0.1, 0.15) is 49.1 Å². The Morgan fingerprint density at radius 3 is 2.79 bits per heavy atom. The van der Waals surface area contributed by atoms with Gasteiger partial charge in [-0.3, -0.25) is 0 Å². The van der Waals surface area contributed by atoms with Crippen molar-refractivity contribution in [3.63, 3.8) is 0 Å². The molecule has 4 rings (SSSR count). The predicted octanol–water partition coefficient (Wildman–Crippen LogP) is 3.43. The molecule has 2 heterocycles. The summed E-state index contributed by atoms with van der Waals surface area (Å²) in [6, 6.07) is 8.06. The third-order valence-electron chi connectivity index (χ3n) is 6.87. The van der Waals surface area contributed by atoms with Crippen LogP contribution in [0.3, 0.4) is 0 Å². The Kier molecular flexibility index (Phi) is 5.72. The van der Waals surface area contributed by atoms with E-state index in [2.05, 4.69) is 16.3 Å². The van der Waals surface area contributed by atoms with Crippen molar-refractivity contribution in [1.82, 2.24) is 10.2 Å². The number of hydrogen-bond acceptors (Lipinski definition) is 4. The summed E-state index contributed by atoms with van der Waals surface area (Å²) < 4.78 is 5.95. The first-order valence-electron chi connectivity index (χ1n) is 10.5. The molecule has 150 valence electrons. The molecule has 0 radical (unpaired) electrons. The lowest BCUT2D eigenvalue weighted by atomic mass is 9.80. The highest BCUT2D eigenvalue weighted by atomic mass is 16.5. The van der Waals surface area contributed by atoms with Gasteiger partial charge in [-0.25, -0.2) is 4.79 Å². The molecule has 2 N–H and O–H groups in total. The van der Waals surface area contributed by atoms with Gasteiger partial charge in [0.15, 0.2) is 0 Å². The Morgan fingerprint density at radius 2 is 2.04 bits per heavy atom. The molecule has 28 heavy (non-hydrogen) atoms. The van der Waals surface area contributed by atoms with Crippen molar-refractivity contribution in [3.05, 3.63) is 29.3 Å². The third kappa shape index (κ3) is 4.25. The van der Waals surface area contributed by atoms with Crippen molar-refractivity contribution in [1.29, 1.82) is 5.26 Å². The van der Waals surface area contributed by atoms with E-state index in [1.54, 1.807) is 0 Å². The summed E-state index contributed by atoms with van der Waals surface area (Å²) in [4.78, 5) is 13.2. The predicted molar refractivity (Wildman–Crippen MR) is 105 cm³/mol. The number of nitriles is 1. The second kappa shape index (κ2) is 8.40. The fourth-order valence-electron chi connectivity index (χ4n) is 5.22. The highest BCUT2D eigenvalue weighted by molar-refractivity contribution is 5.64.